The quantitative estimate of drug-likeness (QED) is 0.747. The summed E-state index contributed by atoms with van der Waals surface area (Å²) in [4.78, 5) is 11.0. The van der Waals surface area contributed by atoms with Gasteiger partial charge >= 0.3 is 5.97 Å². The van der Waals surface area contributed by atoms with Gasteiger partial charge in [-0.2, -0.15) is 0 Å². The van der Waals surface area contributed by atoms with Crippen LogP contribution in [0.2, 0.25) is 0 Å². The van der Waals surface area contributed by atoms with Gasteiger partial charge in [-0.1, -0.05) is 30.3 Å². The standard InChI is InChI=1S/C17H13FO2S/c1-10(17(19)20)11-6-7-12(15(18)8-11)14-9-21-16-5-3-2-4-13(14)16/h2-10H,1H3,(H,19,20). The number of carboxylic acids is 1. The SMILES string of the molecule is CC(C(=O)O)c1ccc(-c2csc3ccccc23)c(F)c1. The third kappa shape index (κ3) is 2.43. The maximum atomic E-state index is 14.4. The molecule has 0 spiro atoms. The van der Waals surface area contributed by atoms with Crippen molar-refractivity contribution in [3.05, 3.63) is 59.2 Å². The number of fused-ring (bicyclic) bond motifs is 1. The van der Waals surface area contributed by atoms with E-state index in [1.807, 2.05) is 29.6 Å². The second-order valence-electron chi connectivity index (χ2n) is 4.94. The van der Waals surface area contributed by atoms with Gasteiger partial charge in [0.15, 0.2) is 0 Å². The Bertz CT molecular complexity index is 823. The zero-order valence-corrected chi connectivity index (χ0v) is 12.2. The zero-order valence-electron chi connectivity index (χ0n) is 11.3. The normalized spacial score (nSPS) is 12.5. The second kappa shape index (κ2) is 5.30. The van der Waals surface area contributed by atoms with E-state index < -0.39 is 11.9 Å². The molecule has 2 nitrogen and oxygen atoms in total. The highest BCUT2D eigenvalue weighted by Gasteiger charge is 2.17. The predicted octanol–water partition coefficient (Wildman–Crippen LogP) is 4.90. The summed E-state index contributed by atoms with van der Waals surface area (Å²) in [5.41, 5.74) is 1.83. The second-order valence-corrected chi connectivity index (χ2v) is 5.86. The third-order valence-electron chi connectivity index (χ3n) is 3.63. The van der Waals surface area contributed by atoms with Crippen LogP contribution in [0.1, 0.15) is 18.4 Å². The molecule has 0 saturated carbocycles. The number of benzene rings is 2. The first-order valence-electron chi connectivity index (χ1n) is 6.57. The molecule has 3 rings (SSSR count). The summed E-state index contributed by atoms with van der Waals surface area (Å²) in [5.74, 6) is -2.06. The lowest BCUT2D eigenvalue weighted by Gasteiger charge is -2.09. The van der Waals surface area contributed by atoms with Crippen LogP contribution < -0.4 is 0 Å². The Morgan fingerprint density at radius 3 is 2.67 bits per heavy atom. The van der Waals surface area contributed by atoms with Gasteiger partial charge in [-0.3, -0.25) is 4.79 Å². The van der Waals surface area contributed by atoms with Crippen molar-refractivity contribution in [3.8, 4) is 11.1 Å². The fourth-order valence-corrected chi connectivity index (χ4v) is 3.31. The summed E-state index contributed by atoms with van der Waals surface area (Å²) in [6.45, 7) is 1.55. The van der Waals surface area contributed by atoms with Gasteiger partial charge in [-0.05, 0) is 30.0 Å². The summed E-state index contributed by atoms with van der Waals surface area (Å²) < 4.78 is 15.5. The average Bonchev–Trinajstić information content (AvgIpc) is 2.90. The van der Waals surface area contributed by atoms with Gasteiger partial charge in [-0.25, -0.2) is 4.39 Å². The Kier molecular flexibility index (Phi) is 3.47. The monoisotopic (exact) mass is 300 g/mol. The van der Waals surface area contributed by atoms with Crippen LogP contribution >= 0.6 is 11.3 Å². The van der Waals surface area contributed by atoms with Crippen molar-refractivity contribution in [2.45, 2.75) is 12.8 Å². The van der Waals surface area contributed by atoms with Crippen molar-refractivity contribution in [1.82, 2.24) is 0 Å². The van der Waals surface area contributed by atoms with E-state index in [0.717, 1.165) is 15.6 Å². The van der Waals surface area contributed by atoms with E-state index in [0.29, 0.717) is 11.1 Å². The molecule has 1 heterocycles. The topological polar surface area (TPSA) is 37.3 Å². The summed E-state index contributed by atoms with van der Waals surface area (Å²) in [6.07, 6.45) is 0. The first-order valence-corrected chi connectivity index (χ1v) is 7.44. The number of hydrogen-bond donors (Lipinski definition) is 1. The van der Waals surface area contributed by atoms with Crippen molar-refractivity contribution < 1.29 is 14.3 Å². The van der Waals surface area contributed by atoms with E-state index in [9.17, 15) is 9.18 Å². The highest BCUT2D eigenvalue weighted by Crippen LogP contribution is 2.35. The van der Waals surface area contributed by atoms with Crippen LogP contribution in [0.4, 0.5) is 4.39 Å². The molecule has 4 heteroatoms. The van der Waals surface area contributed by atoms with Crippen molar-refractivity contribution in [2.24, 2.45) is 0 Å². The van der Waals surface area contributed by atoms with E-state index in [2.05, 4.69) is 0 Å². The number of carbonyl (C=O) groups is 1. The van der Waals surface area contributed by atoms with Crippen molar-refractivity contribution in [1.29, 1.82) is 0 Å². The van der Waals surface area contributed by atoms with E-state index in [1.54, 1.807) is 30.4 Å². The molecule has 1 atom stereocenters. The number of thiophene rings is 1. The van der Waals surface area contributed by atoms with E-state index in [4.69, 9.17) is 5.11 Å². The minimum absolute atomic E-state index is 0.385. The first kappa shape index (κ1) is 13.8. The maximum absolute atomic E-state index is 14.4. The highest BCUT2D eigenvalue weighted by atomic mass is 32.1. The van der Waals surface area contributed by atoms with Crippen LogP contribution in [0.5, 0.6) is 0 Å². The van der Waals surface area contributed by atoms with Crippen molar-refractivity contribution in [3.63, 3.8) is 0 Å². The Labute approximate surface area is 125 Å². The molecule has 1 aromatic heterocycles. The summed E-state index contributed by atoms with van der Waals surface area (Å²) in [5, 5.41) is 11.9. The lowest BCUT2D eigenvalue weighted by Crippen LogP contribution is -2.07. The van der Waals surface area contributed by atoms with Crippen molar-refractivity contribution >= 4 is 27.4 Å². The van der Waals surface area contributed by atoms with Gasteiger partial charge in [0.25, 0.3) is 0 Å². The molecule has 0 fully saturated rings. The van der Waals surface area contributed by atoms with Crippen LogP contribution in [-0.4, -0.2) is 11.1 Å². The van der Waals surface area contributed by atoms with Gasteiger partial charge < -0.3 is 5.11 Å². The average molecular weight is 300 g/mol. The minimum atomic E-state index is -0.955. The molecule has 21 heavy (non-hydrogen) atoms. The van der Waals surface area contributed by atoms with Crippen molar-refractivity contribution in [2.75, 3.05) is 0 Å². The van der Waals surface area contributed by atoms with Gasteiger partial charge in [-0.15, -0.1) is 11.3 Å². The number of rotatable bonds is 3. The van der Waals surface area contributed by atoms with Crippen LogP contribution in [0.25, 0.3) is 21.2 Å². The van der Waals surface area contributed by atoms with Crippen LogP contribution in [0.15, 0.2) is 47.8 Å². The number of aliphatic carboxylic acids is 1. The predicted molar refractivity (Wildman–Crippen MR) is 83.3 cm³/mol. The molecular weight excluding hydrogens is 287 g/mol. The van der Waals surface area contributed by atoms with E-state index in [-0.39, 0.29) is 5.82 Å². The van der Waals surface area contributed by atoms with Crippen LogP contribution in [-0.2, 0) is 4.79 Å². The molecule has 0 aliphatic rings. The minimum Gasteiger partial charge on any atom is -0.481 e. The van der Waals surface area contributed by atoms with E-state index >= 15 is 0 Å². The first-order chi connectivity index (χ1) is 10.1. The molecule has 0 bridgehead atoms. The van der Waals surface area contributed by atoms with E-state index in [1.165, 1.54) is 6.07 Å². The molecule has 0 aliphatic carbocycles. The van der Waals surface area contributed by atoms with Gasteiger partial charge in [0.1, 0.15) is 5.82 Å². The summed E-state index contributed by atoms with van der Waals surface area (Å²) in [6, 6.07) is 12.5. The largest absolute Gasteiger partial charge is 0.481 e. The highest BCUT2D eigenvalue weighted by molar-refractivity contribution is 7.17. The Morgan fingerprint density at radius 2 is 1.95 bits per heavy atom. The smallest absolute Gasteiger partial charge is 0.310 e. The fourth-order valence-electron chi connectivity index (χ4n) is 2.35. The Morgan fingerprint density at radius 1 is 1.19 bits per heavy atom. The molecular formula is C17H13FO2S. The molecule has 106 valence electrons. The Hall–Kier alpha value is -2.20. The summed E-state index contributed by atoms with van der Waals surface area (Å²) in [7, 11) is 0. The molecule has 3 aromatic rings. The zero-order chi connectivity index (χ0) is 15.0. The fraction of sp³-hybridized carbons (Fsp3) is 0.118. The summed E-state index contributed by atoms with van der Waals surface area (Å²) >= 11 is 1.57. The maximum Gasteiger partial charge on any atom is 0.310 e. The van der Waals surface area contributed by atoms with Gasteiger partial charge in [0.05, 0.1) is 5.92 Å². The number of hydrogen-bond acceptors (Lipinski definition) is 2. The molecule has 0 amide bonds. The molecule has 0 radical (unpaired) electrons. The van der Waals surface area contributed by atoms with Crippen LogP contribution in [0, 0.1) is 5.82 Å². The lowest BCUT2D eigenvalue weighted by atomic mass is 9.97. The molecule has 0 aliphatic heterocycles. The Balaban J connectivity index is 2.09. The molecule has 1 unspecified atom stereocenters. The van der Waals surface area contributed by atoms with Gasteiger partial charge in [0, 0.05) is 21.2 Å². The number of carboxylic acid groups (broad SMARTS) is 1. The number of halogens is 1. The van der Waals surface area contributed by atoms with Crippen LogP contribution in [0.3, 0.4) is 0 Å². The van der Waals surface area contributed by atoms with Gasteiger partial charge in [0.2, 0.25) is 0 Å². The molecule has 0 saturated heterocycles. The lowest BCUT2D eigenvalue weighted by molar-refractivity contribution is -0.138. The molecule has 1 N–H and O–H groups in total. The molecule has 2 aromatic carbocycles. The third-order valence-corrected chi connectivity index (χ3v) is 4.60.